The smallest absolute Gasteiger partial charge is 0.0496 e. The van der Waals surface area contributed by atoms with E-state index in [-0.39, 0.29) is 6.04 Å². The van der Waals surface area contributed by atoms with Crippen molar-refractivity contribution >= 4 is 0 Å². The van der Waals surface area contributed by atoms with Crippen LogP contribution in [0.3, 0.4) is 0 Å². The number of fused-ring (bicyclic) bond motifs is 1. The second-order valence-electron chi connectivity index (χ2n) is 7.30. The molecular weight excluding hydrogens is 256 g/mol. The van der Waals surface area contributed by atoms with E-state index < -0.39 is 0 Å². The number of piperidine rings is 1. The molecule has 1 saturated carbocycles. The van der Waals surface area contributed by atoms with Crippen LogP contribution in [0.5, 0.6) is 0 Å². The lowest BCUT2D eigenvalue weighted by Gasteiger charge is -2.45. The summed E-state index contributed by atoms with van der Waals surface area (Å²) in [6.45, 7) is 6.79. The molecule has 21 heavy (non-hydrogen) atoms. The van der Waals surface area contributed by atoms with Gasteiger partial charge in [0, 0.05) is 18.6 Å². The van der Waals surface area contributed by atoms with Gasteiger partial charge in [0.2, 0.25) is 0 Å². The van der Waals surface area contributed by atoms with Gasteiger partial charge >= 0.3 is 0 Å². The Morgan fingerprint density at radius 2 is 1.71 bits per heavy atom. The molecule has 0 spiro atoms. The van der Waals surface area contributed by atoms with E-state index in [9.17, 15) is 0 Å². The highest BCUT2D eigenvalue weighted by atomic mass is 15.2. The number of nitrogens with two attached hydrogens (primary N) is 1. The summed E-state index contributed by atoms with van der Waals surface area (Å²) in [6.07, 6.45) is 7.16. The molecule has 1 aromatic rings. The zero-order valence-corrected chi connectivity index (χ0v) is 13.6. The first-order valence-electron chi connectivity index (χ1n) is 8.71. The van der Waals surface area contributed by atoms with E-state index >= 15 is 0 Å². The van der Waals surface area contributed by atoms with Gasteiger partial charge in [-0.15, -0.1) is 0 Å². The Balaban J connectivity index is 1.76. The van der Waals surface area contributed by atoms with E-state index in [1.807, 2.05) is 0 Å². The number of nitrogens with zero attached hydrogens (tertiary/aromatic N) is 1. The minimum absolute atomic E-state index is 0.188. The average molecular weight is 286 g/mol. The summed E-state index contributed by atoms with van der Waals surface area (Å²) >= 11 is 0. The molecule has 116 valence electrons. The normalized spacial score (nSPS) is 29.7. The fraction of sp³-hybridized carbons (Fsp3) is 0.684. The summed E-state index contributed by atoms with van der Waals surface area (Å²) in [7, 11) is 0. The van der Waals surface area contributed by atoms with Crippen LogP contribution in [-0.2, 0) is 0 Å². The fourth-order valence-electron chi connectivity index (χ4n) is 4.49. The Bertz CT molecular complexity index is 451. The summed E-state index contributed by atoms with van der Waals surface area (Å²) < 4.78 is 0. The van der Waals surface area contributed by atoms with Gasteiger partial charge in [0.25, 0.3) is 0 Å². The van der Waals surface area contributed by atoms with E-state index in [0.717, 1.165) is 11.8 Å². The minimum Gasteiger partial charge on any atom is -0.326 e. The quantitative estimate of drug-likeness (QED) is 0.913. The third-order valence-corrected chi connectivity index (χ3v) is 5.63. The standard InChI is InChI=1S/C19H30N2/c1-14-7-9-17(10-8-14)19(15(2)20)21-12-11-16-5-3-4-6-18(16)13-21/h7-10,15-16,18-19H,3-6,11-13,20H2,1-2H3. The van der Waals surface area contributed by atoms with Gasteiger partial charge in [-0.3, -0.25) is 4.90 Å². The summed E-state index contributed by atoms with van der Waals surface area (Å²) in [4.78, 5) is 2.67. The number of benzene rings is 1. The van der Waals surface area contributed by atoms with Crippen molar-refractivity contribution in [2.75, 3.05) is 13.1 Å². The number of hydrogen-bond donors (Lipinski definition) is 1. The van der Waals surface area contributed by atoms with Crippen LogP contribution >= 0.6 is 0 Å². The van der Waals surface area contributed by atoms with Gasteiger partial charge < -0.3 is 5.73 Å². The highest BCUT2D eigenvalue weighted by Gasteiger charge is 2.35. The molecule has 0 radical (unpaired) electrons. The second-order valence-corrected chi connectivity index (χ2v) is 7.30. The molecule has 0 aromatic heterocycles. The maximum atomic E-state index is 6.36. The first kappa shape index (κ1) is 15.1. The Kier molecular flexibility index (Phi) is 4.66. The highest BCUT2D eigenvalue weighted by molar-refractivity contribution is 5.25. The molecule has 2 fully saturated rings. The van der Waals surface area contributed by atoms with Gasteiger partial charge in [0.1, 0.15) is 0 Å². The summed E-state index contributed by atoms with van der Waals surface area (Å²) in [5.74, 6) is 1.90. The van der Waals surface area contributed by atoms with Gasteiger partial charge in [0.15, 0.2) is 0 Å². The van der Waals surface area contributed by atoms with Crippen molar-refractivity contribution in [3.63, 3.8) is 0 Å². The molecule has 4 unspecified atom stereocenters. The van der Waals surface area contributed by atoms with Crippen molar-refractivity contribution < 1.29 is 0 Å². The average Bonchev–Trinajstić information content (AvgIpc) is 2.49. The summed E-state index contributed by atoms with van der Waals surface area (Å²) in [5, 5.41) is 0. The largest absolute Gasteiger partial charge is 0.326 e. The minimum atomic E-state index is 0.188. The van der Waals surface area contributed by atoms with Crippen LogP contribution in [-0.4, -0.2) is 24.0 Å². The topological polar surface area (TPSA) is 29.3 Å². The van der Waals surface area contributed by atoms with Crippen LogP contribution in [0.1, 0.15) is 56.2 Å². The number of likely N-dealkylation sites (tertiary alicyclic amines) is 1. The molecule has 2 N–H and O–H groups in total. The molecule has 1 aromatic carbocycles. The van der Waals surface area contributed by atoms with Gasteiger partial charge in [-0.05, 0) is 50.6 Å². The SMILES string of the molecule is Cc1ccc(C(C(C)N)N2CCC3CCCCC3C2)cc1. The molecule has 1 aliphatic carbocycles. The van der Waals surface area contributed by atoms with E-state index in [4.69, 9.17) is 5.73 Å². The Morgan fingerprint density at radius 3 is 2.38 bits per heavy atom. The monoisotopic (exact) mass is 286 g/mol. The lowest BCUT2D eigenvalue weighted by molar-refractivity contribution is 0.0494. The Labute approximate surface area is 129 Å². The van der Waals surface area contributed by atoms with E-state index in [1.165, 1.54) is 56.3 Å². The zero-order valence-electron chi connectivity index (χ0n) is 13.6. The molecule has 2 aliphatic rings. The van der Waals surface area contributed by atoms with Crippen molar-refractivity contribution in [2.45, 2.75) is 58.0 Å². The maximum absolute atomic E-state index is 6.36. The third kappa shape index (κ3) is 3.32. The van der Waals surface area contributed by atoms with Crippen molar-refractivity contribution in [2.24, 2.45) is 17.6 Å². The molecular formula is C19H30N2. The number of hydrogen-bond acceptors (Lipinski definition) is 2. The first-order valence-corrected chi connectivity index (χ1v) is 8.71. The number of aryl methyl sites for hydroxylation is 1. The van der Waals surface area contributed by atoms with Crippen molar-refractivity contribution in [3.05, 3.63) is 35.4 Å². The van der Waals surface area contributed by atoms with Crippen LogP contribution in [0.15, 0.2) is 24.3 Å². The maximum Gasteiger partial charge on any atom is 0.0496 e. The van der Waals surface area contributed by atoms with Crippen LogP contribution in [0.25, 0.3) is 0 Å². The van der Waals surface area contributed by atoms with Crippen molar-refractivity contribution in [1.29, 1.82) is 0 Å². The molecule has 3 rings (SSSR count). The summed E-state index contributed by atoms with van der Waals surface area (Å²) in [5.41, 5.74) is 9.08. The Hall–Kier alpha value is -0.860. The lowest BCUT2D eigenvalue weighted by Crippen LogP contribution is -2.47. The predicted molar refractivity (Wildman–Crippen MR) is 89.2 cm³/mol. The van der Waals surface area contributed by atoms with Gasteiger partial charge in [-0.1, -0.05) is 49.1 Å². The fourth-order valence-corrected chi connectivity index (χ4v) is 4.49. The third-order valence-electron chi connectivity index (χ3n) is 5.63. The van der Waals surface area contributed by atoms with Crippen LogP contribution in [0.2, 0.25) is 0 Å². The lowest BCUT2D eigenvalue weighted by atomic mass is 9.74. The van der Waals surface area contributed by atoms with Crippen molar-refractivity contribution in [3.8, 4) is 0 Å². The van der Waals surface area contributed by atoms with Crippen molar-refractivity contribution in [1.82, 2.24) is 4.90 Å². The van der Waals surface area contributed by atoms with E-state index in [1.54, 1.807) is 0 Å². The van der Waals surface area contributed by atoms with Crippen LogP contribution < -0.4 is 5.73 Å². The van der Waals surface area contributed by atoms with Crippen LogP contribution in [0.4, 0.5) is 0 Å². The molecule has 1 saturated heterocycles. The predicted octanol–water partition coefficient (Wildman–Crippen LogP) is 3.90. The molecule has 4 atom stereocenters. The molecule has 1 heterocycles. The highest BCUT2D eigenvalue weighted by Crippen LogP contribution is 2.39. The molecule has 0 bridgehead atoms. The summed E-state index contributed by atoms with van der Waals surface area (Å²) in [6, 6.07) is 9.56. The van der Waals surface area contributed by atoms with E-state index in [0.29, 0.717) is 6.04 Å². The first-order chi connectivity index (χ1) is 10.1. The molecule has 2 heteroatoms. The van der Waals surface area contributed by atoms with Gasteiger partial charge in [0.05, 0.1) is 0 Å². The zero-order chi connectivity index (χ0) is 14.8. The van der Waals surface area contributed by atoms with E-state index in [2.05, 4.69) is 43.0 Å². The van der Waals surface area contributed by atoms with Gasteiger partial charge in [-0.2, -0.15) is 0 Å². The molecule has 2 nitrogen and oxygen atoms in total. The molecule has 1 aliphatic heterocycles. The molecule has 0 amide bonds. The second kappa shape index (κ2) is 6.50. The van der Waals surface area contributed by atoms with Crippen LogP contribution in [0, 0.1) is 18.8 Å². The number of rotatable bonds is 3. The Morgan fingerprint density at radius 1 is 1.05 bits per heavy atom. The van der Waals surface area contributed by atoms with Gasteiger partial charge in [-0.25, -0.2) is 0 Å².